The normalized spacial score (nSPS) is 13.6. The monoisotopic (exact) mass is 271 g/mol. The number of nitrogens with one attached hydrogen (secondary N) is 1. The molecule has 0 aliphatic heterocycles. The summed E-state index contributed by atoms with van der Waals surface area (Å²) in [6.07, 6.45) is 0.664. The molecule has 1 rings (SSSR count). The van der Waals surface area contributed by atoms with E-state index in [-0.39, 0.29) is 29.7 Å². The number of rotatable bonds is 6. The topological polar surface area (TPSA) is 32.3 Å². The summed E-state index contributed by atoms with van der Waals surface area (Å²) in [6, 6.07) is 2.20. The first-order valence-electron chi connectivity index (χ1n) is 6.56. The van der Waals surface area contributed by atoms with Crippen molar-refractivity contribution in [1.82, 2.24) is 5.32 Å². The molecule has 1 unspecified atom stereocenters. The summed E-state index contributed by atoms with van der Waals surface area (Å²) < 4.78 is 27.3. The van der Waals surface area contributed by atoms with Gasteiger partial charge in [0.1, 0.15) is 11.6 Å². The van der Waals surface area contributed by atoms with Crippen LogP contribution in [0.3, 0.4) is 0 Å². The van der Waals surface area contributed by atoms with Gasteiger partial charge in [-0.25, -0.2) is 8.78 Å². The summed E-state index contributed by atoms with van der Waals surface area (Å²) >= 11 is 0. The molecule has 2 nitrogen and oxygen atoms in total. The van der Waals surface area contributed by atoms with Crippen molar-refractivity contribution in [2.75, 3.05) is 13.2 Å². The van der Waals surface area contributed by atoms with Gasteiger partial charge in [0, 0.05) is 24.8 Å². The zero-order chi connectivity index (χ0) is 14.6. The van der Waals surface area contributed by atoms with E-state index in [2.05, 4.69) is 5.32 Å². The number of aliphatic hydroxyl groups excluding tert-OH is 1. The molecule has 1 aromatic carbocycles. The van der Waals surface area contributed by atoms with Gasteiger partial charge in [0.2, 0.25) is 0 Å². The summed E-state index contributed by atoms with van der Waals surface area (Å²) in [4.78, 5) is 0. The molecule has 0 radical (unpaired) electrons. The second-order valence-corrected chi connectivity index (χ2v) is 5.86. The third kappa shape index (κ3) is 4.55. The maximum atomic E-state index is 13.8. The molecular weight excluding hydrogens is 248 g/mol. The van der Waals surface area contributed by atoms with Crippen molar-refractivity contribution in [2.24, 2.45) is 5.41 Å². The minimum absolute atomic E-state index is 0.0806. The summed E-state index contributed by atoms with van der Waals surface area (Å²) in [6.45, 7) is 8.15. The number of hydrogen-bond donors (Lipinski definition) is 2. The van der Waals surface area contributed by atoms with E-state index in [0.717, 1.165) is 0 Å². The Kier molecular flexibility index (Phi) is 5.44. The van der Waals surface area contributed by atoms with Crippen LogP contribution in [0.1, 0.15) is 44.4 Å². The van der Waals surface area contributed by atoms with Crippen molar-refractivity contribution in [1.29, 1.82) is 0 Å². The number of benzene rings is 1. The first kappa shape index (κ1) is 16.1. The van der Waals surface area contributed by atoms with Crippen molar-refractivity contribution in [3.8, 4) is 0 Å². The molecule has 1 atom stereocenters. The van der Waals surface area contributed by atoms with Gasteiger partial charge in [0.25, 0.3) is 0 Å². The van der Waals surface area contributed by atoms with Crippen LogP contribution in [0.15, 0.2) is 12.1 Å². The van der Waals surface area contributed by atoms with Crippen LogP contribution in [0, 0.1) is 24.0 Å². The first-order chi connectivity index (χ1) is 8.76. The Bertz CT molecular complexity index is 432. The SMILES string of the molecule is Cc1cc(F)c(C(C)NCC(C)(C)CCO)cc1F. The lowest BCUT2D eigenvalue weighted by molar-refractivity contribution is 0.203. The molecule has 108 valence electrons. The maximum Gasteiger partial charge on any atom is 0.128 e. The highest BCUT2D eigenvalue weighted by atomic mass is 19.1. The first-order valence-corrected chi connectivity index (χ1v) is 6.56. The molecule has 0 saturated carbocycles. The molecule has 2 N–H and O–H groups in total. The van der Waals surface area contributed by atoms with Gasteiger partial charge in [-0.05, 0) is 43.4 Å². The summed E-state index contributed by atoms with van der Waals surface area (Å²) in [5.74, 6) is -0.779. The zero-order valence-corrected chi connectivity index (χ0v) is 12.1. The van der Waals surface area contributed by atoms with Crippen LogP contribution in [0.5, 0.6) is 0 Å². The highest BCUT2D eigenvalue weighted by Gasteiger charge is 2.20. The Labute approximate surface area is 113 Å². The van der Waals surface area contributed by atoms with Crippen LogP contribution in [-0.4, -0.2) is 18.3 Å². The van der Waals surface area contributed by atoms with Crippen LogP contribution in [-0.2, 0) is 0 Å². The predicted molar refractivity (Wildman–Crippen MR) is 73.0 cm³/mol. The minimum atomic E-state index is -0.390. The van der Waals surface area contributed by atoms with Crippen molar-refractivity contribution in [2.45, 2.75) is 40.2 Å². The van der Waals surface area contributed by atoms with E-state index >= 15 is 0 Å². The summed E-state index contributed by atoms with van der Waals surface area (Å²) in [5, 5.41) is 12.2. The van der Waals surface area contributed by atoms with Crippen LogP contribution >= 0.6 is 0 Å². The molecule has 0 bridgehead atoms. The lowest BCUT2D eigenvalue weighted by atomic mass is 9.89. The molecule has 0 spiro atoms. The Morgan fingerprint density at radius 3 is 2.47 bits per heavy atom. The molecule has 19 heavy (non-hydrogen) atoms. The number of aryl methyl sites for hydroxylation is 1. The van der Waals surface area contributed by atoms with E-state index in [9.17, 15) is 8.78 Å². The zero-order valence-electron chi connectivity index (χ0n) is 12.1. The lowest BCUT2D eigenvalue weighted by Gasteiger charge is -2.26. The second kappa shape index (κ2) is 6.44. The van der Waals surface area contributed by atoms with Crippen molar-refractivity contribution in [3.63, 3.8) is 0 Å². The summed E-state index contributed by atoms with van der Waals surface area (Å²) in [7, 11) is 0. The lowest BCUT2D eigenvalue weighted by Crippen LogP contribution is -2.32. The average molecular weight is 271 g/mol. The highest BCUT2D eigenvalue weighted by molar-refractivity contribution is 5.27. The quantitative estimate of drug-likeness (QED) is 0.831. The van der Waals surface area contributed by atoms with Gasteiger partial charge in [0.05, 0.1) is 0 Å². The molecule has 0 aromatic heterocycles. The maximum absolute atomic E-state index is 13.8. The smallest absolute Gasteiger partial charge is 0.128 e. The Hall–Kier alpha value is -1.00. The van der Waals surface area contributed by atoms with Gasteiger partial charge < -0.3 is 10.4 Å². The largest absolute Gasteiger partial charge is 0.396 e. The fourth-order valence-corrected chi connectivity index (χ4v) is 1.92. The van der Waals surface area contributed by atoms with Crippen LogP contribution in [0.2, 0.25) is 0 Å². The van der Waals surface area contributed by atoms with E-state index in [4.69, 9.17) is 5.11 Å². The minimum Gasteiger partial charge on any atom is -0.396 e. The van der Waals surface area contributed by atoms with Gasteiger partial charge >= 0.3 is 0 Å². The van der Waals surface area contributed by atoms with Crippen LogP contribution < -0.4 is 5.32 Å². The molecule has 0 aliphatic carbocycles. The Morgan fingerprint density at radius 1 is 1.26 bits per heavy atom. The fourth-order valence-electron chi connectivity index (χ4n) is 1.92. The highest BCUT2D eigenvalue weighted by Crippen LogP contribution is 2.23. The van der Waals surface area contributed by atoms with Gasteiger partial charge in [-0.2, -0.15) is 0 Å². The molecule has 0 saturated heterocycles. The fraction of sp³-hybridized carbons (Fsp3) is 0.600. The molecule has 1 aromatic rings. The van der Waals surface area contributed by atoms with Gasteiger partial charge in [-0.15, -0.1) is 0 Å². The number of aliphatic hydroxyl groups is 1. The van der Waals surface area contributed by atoms with E-state index in [1.54, 1.807) is 6.92 Å². The molecule has 0 fully saturated rings. The molecular formula is C15H23F2NO. The number of halogens is 2. The molecule has 0 heterocycles. The Morgan fingerprint density at radius 2 is 1.89 bits per heavy atom. The van der Waals surface area contributed by atoms with Gasteiger partial charge in [-0.1, -0.05) is 13.8 Å². The third-order valence-corrected chi connectivity index (χ3v) is 3.42. The standard InChI is InChI=1S/C15H23F2NO/c1-10-7-14(17)12(8-13(10)16)11(2)18-9-15(3,4)5-6-19/h7-8,11,18-19H,5-6,9H2,1-4H3. The van der Waals surface area contributed by atoms with Crippen molar-refractivity contribution in [3.05, 3.63) is 34.9 Å². The van der Waals surface area contributed by atoms with Gasteiger partial charge in [-0.3, -0.25) is 0 Å². The average Bonchev–Trinajstić information content (AvgIpc) is 2.31. The van der Waals surface area contributed by atoms with Crippen molar-refractivity contribution < 1.29 is 13.9 Å². The van der Waals surface area contributed by atoms with E-state index in [0.29, 0.717) is 24.1 Å². The third-order valence-electron chi connectivity index (χ3n) is 3.42. The molecule has 0 aliphatic rings. The second-order valence-electron chi connectivity index (χ2n) is 5.86. The number of hydrogen-bond acceptors (Lipinski definition) is 2. The van der Waals surface area contributed by atoms with Crippen molar-refractivity contribution >= 4 is 0 Å². The van der Waals surface area contributed by atoms with E-state index in [1.165, 1.54) is 12.1 Å². The molecule has 0 amide bonds. The van der Waals surface area contributed by atoms with E-state index < -0.39 is 0 Å². The van der Waals surface area contributed by atoms with Gasteiger partial charge in [0.15, 0.2) is 0 Å². The van der Waals surface area contributed by atoms with Crippen LogP contribution in [0.25, 0.3) is 0 Å². The van der Waals surface area contributed by atoms with E-state index in [1.807, 2.05) is 20.8 Å². The predicted octanol–water partition coefficient (Wildman–Crippen LogP) is 3.33. The van der Waals surface area contributed by atoms with Crippen LogP contribution in [0.4, 0.5) is 8.78 Å². The Balaban J connectivity index is 2.73. The molecule has 4 heteroatoms. The summed E-state index contributed by atoms with van der Waals surface area (Å²) in [5.41, 5.74) is 0.569.